The van der Waals surface area contributed by atoms with E-state index in [2.05, 4.69) is 4.98 Å². The molecule has 2 aromatic rings. The van der Waals surface area contributed by atoms with Crippen molar-refractivity contribution in [3.63, 3.8) is 0 Å². The summed E-state index contributed by atoms with van der Waals surface area (Å²) in [6.07, 6.45) is 1.43. The zero-order valence-electron chi connectivity index (χ0n) is 13.3. The molecule has 2 amide bonds. The number of nitrogens with zero attached hydrogens (tertiary/aromatic N) is 1. The second-order valence-corrected chi connectivity index (χ2v) is 6.20. The normalized spacial score (nSPS) is 12.2. The molecule has 23 heavy (non-hydrogen) atoms. The van der Waals surface area contributed by atoms with Crippen LogP contribution in [0.2, 0.25) is 5.02 Å². The van der Waals surface area contributed by atoms with E-state index in [0.717, 1.165) is 5.56 Å². The highest BCUT2D eigenvalue weighted by molar-refractivity contribution is 6.31. The monoisotopic (exact) mass is 333 g/mol. The third-order valence-corrected chi connectivity index (χ3v) is 4.14. The molecule has 1 heterocycles. The molecule has 1 atom stereocenters. The lowest BCUT2D eigenvalue weighted by Crippen LogP contribution is -2.34. The van der Waals surface area contributed by atoms with Gasteiger partial charge in [0.2, 0.25) is 5.91 Å². The van der Waals surface area contributed by atoms with Gasteiger partial charge >= 0.3 is 0 Å². The van der Waals surface area contributed by atoms with Crippen LogP contribution in [0, 0.1) is 5.92 Å². The lowest BCUT2D eigenvalue weighted by molar-refractivity contribution is 0.0682. The van der Waals surface area contributed by atoms with Gasteiger partial charge in [0.1, 0.15) is 5.69 Å². The van der Waals surface area contributed by atoms with Gasteiger partial charge in [-0.2, -0.15) is 0 Å². The zero-order valence-corrected chi connectivity index (χ0v) is 14.1. The lowest BCUT2D eigenvalue weighted by Gasteiger charge is -2.32. The molecule has 0 unspecified atom stereocenters. The van der Waals surface area contributed by atoms with Crippen molar-refractivity contribution < 1.29 is 9.59 Å². The fraction of sp³-hybridized carbons (Fsp3) is 0.294. The molecule has 0 fully saturated rings. The molecule has 0 saturated carbocycles. The highest BCUT2D eigenvalue weighted by Crippen LogP contribution is 2.33. The number of aromatic amines is 1. The Kier molecular flexibility index (Phi) is 5.11. The van der Waals surface area contributed by atoms with E-state index < -0.39 is 5.91 Å². The summed E-state index contributed by atoms with van der Waals surface area (Å²) >= 11 is 6.30. The number of halogens is 1. The Labute approximate surface area is 140 Å². The van der Waals surface area contributed by atoms with E-state index >= 15 is 0 Å². The van der Waals surface area contributed by atoms with Crippen LogP contribution in [0.4, 0.5) is 0 Å². The molecule has 122 valence electrons. The molecule has 0 radical (unpaired) electrons. The summed E-state index contributed by atoms with van der Waals surface area (Å²) in [7, 11) is 1.72. The van der Waals surface area contributed by atoms with Gasteiger partial charge in [-0.1, -0.05) is 43.6 Å². The fourth-order valence-corrected chi connectivity index (χ4v) is 2.95. The van der Waals surface area contributed by atoms with E-state index in [0.29, 0.717) is 10.7 Å². The first kappa shape index (κ1) is 17.1. The van der Waals surface area contributed by atoms with Gasteiger partial charge in [0.15, 0.2) is 0 Å². The number of nitrogens with two attached hydrogens (primary N) is 1. The van der Waals surface area contributed by atoms with Crippen LogP contribution in [-0.4, -0.2) is 28.7 Å². The Hall–Kier alpha value is -2.27. The third kappa shape index (κ3) is 3.56. The molecule has 0 aliphatic heterocycles. The number of hydrogen-bond acceptors (Lipinski definition) is 2. The molecule has 0 aliphatic rings. The van der Waals surface area contributed by atoms with Crippen molar-refractivity contribution in [1.29, 1.82) is 0 Å². The molecule has 0 bridgehead atoms. The molecular weight excluding hydrogens is 314 g/mol. The number of benzene rings is 1. The van der Waals surface area contributed by atoms with E-state index in [-0.39, 0.29) is 23.4 Å². The van der Waals surface area contributed by atoms with Crippen LogP contribution in [0.25, 0.3) is 0 Å². The second kappa shape index (κ2) is 6.87. The van der Waals surface area contributed by atoms with Crippen molar-refractivity contribution in [3.05, 3.63) is 58.4 Å². The Balaban J connectivity index is 2.34. The number of carbonyl (C=O) groups is 2. The number of rotatable bonds is 5. The molecule has 6 heteroatoms. The van der Waals surface area contributed by atoms with Crippen LogP contribution in [0.15, 0.2) is 36.5 Å². The van der Waals surface area contributed by atoms with Crippen LogP contribution in [0.3, 0.4) is 0 Å². The van der Waals surface area contributed by atoms with E-state index in [4.69, 9.17) is 17.3 Å². The van der Waals surface area contributed by atoms with Crippen LogP contribution in [0.1, 0.15) is 46.3 Å². The van der Waals surface area contributed by atoms with E-state index in [1.165, 1.54) is 12.3 Å². The number of H-pyrrole nitrogens is 1. The number of carbonyl (C=O) groups excluding carboxylic acids is 2. The van der Waals surface area contributed by atoms with Gasteiger partial charge in [-0.15, -0.1) is 0 Å². The van der Waals surface area contributed by atoms with Crippen LogP contribution >= 0.6 is 11.6 Å². The summed E-state index contributed by atoms with van der Waals surface area (Å²) in [5, 5.41) is 0.621. The predicted molar refractivity (Wildman–Crippen MR) is 90.4 cm³/mol. The molecule has 5 nitrogen and oxygen atoms in total. The SMILES string of the molecule is CC(C)[C@H](c1ccccc1Cl)N(C)C(=O)c1cc(C(N)=O)c[nH]1. The number of nitrogens with one attached hydrogen (secondary N) is 1. The van der Waals surface area contributed by atoms with Gasteiger partial charge in [0.25, 0.3) is 5.91 Å². The highest BCUT2D eigenvalue weighted by atomic mass is 35.5. The van der Waals surface area contributed by atoms with Gasteiger partial charge in [0, 0.05) is 18.3 Å². The minimum absolute atomic E-state index is 0.162. The molecule has 2 rings (SSSR count). The van der Waals surface area contributed by atoms with E-state index in [1.54, 1.807) is 11.9 Å². The van der Waals surface area contributed by atoms with Gasteiger partial charge in [-0.25, -0.2) is 0 Å². The Morgan fingerprint density at radius 3 is 2.43 bits per heavy atom. The minimum Gasteiger partial charge on any atom is -0.366 e. The Morgan fingerprint density at radius 1 is 1.26 bits per heavy atom. The average Bonchev–Trinajstić information content (AvgIpc) is 2.98. The Morgan fingerprint density at radius 2 is 1.91 bits per heavy atom. The first-order valence-corrected chi connectivity index (χ1v) is 7.70. The number of amides is 2. The van der Waals surface area contributed by atoms with E-state index in [1.807, 2.05) is 38.1 Å². The molecule has 1 aromatic heterocycles. The quantitative estimate of drug-likeness (QED) is 0.881. The molecule has 0 saturated heterocycles. The van der Waals surface area contributed by atoms with Crippen molar-refractivity contribution in [1.82, 2.24) is 9.88 Å². The third-order valence-electron chi connectivity index (χ3n) is 3.79. The van der Waals surface area contributed by atoms with Gasteiger partial charge in [-0.3, -0.25) is 9.59 Å². The van der Waals surface area contributed by atoms with Crippen molar-refractivity contribution in [2.24, 2.45) is 11.7 Å². The standard InChI is InChI=1S/C17H20ClN3O2/c1-10(2)15(12-6-4-5-7-13(12)18)21(3)17(23)14-8-11(9-20-14)16(19)22/h4-10,15,20H,1-3H3,(H2,19,22)/t15-/m1/s1. The maximum atomic E-state index is 12.7. The minimum atomic E-state index is -0.575. The largest absolute Gasteiger partial charge is 0.366 e. The molecule has 3 N–H and O–H groups in total. The molecular formula is C17H20ClN3O2. The average molecular weight is 334 g/mol. The second-order valence-electron chi connectivity index (χ2n) is 5.79. The fourth-order valence-electron chi connectivity index (χ4n) is 2.71. The summed E-state index contributed by atoms with van der Waals surface area (Å²) in [5.41, 5.74) is 6.71. The summed E-state index contributed by atoms with van der Waals surface area (Å²) in [4.78, 5) is 28.3. The van der Waals surface area contributed by atoms with Crippen LogP contribution in [0.5, 0.6) is 0 Å². The maximum absolute atomic E-state index is 12.7. The summed E-state index contributed by atoms with van der Waals surface area (Å²) in [6, 6.07) is 8.76. The predicted octanol–water partition coefficient (Wildman–Crippen LogP) is 3.24. The smallest absolute Gasteiger partial charge is 0.270 e. The first-order valence-electron chi connectivity index (χ1n) is 7.32. The van der Waals surface area contributed by atoms with E-state index in [9.17, 15) is 9.59 Å². The van der Waals surface area contributed by atoms with Crippen LogP contribution < -0.4 is 5.73 Å². The van der Waals surface area contributed by atoms with Crippen molar-refractivity contribution in [2.75, 3.05) is 7.05 Å². The molecule has 1 aromatic carbocycles. The Bertz CT molecular complexity index is 724. The lowest BCUT2D eigenvalue weighted by atomic mass is 9.94. The topological polar surface area (TPSA) is 79.2 Å². The maximum Gasteiger partial charge on any atom is 0.270 e. The number of aromatic nitrogens is 1. The number of hydrogen-bond donors (Lipinski definition) is 2. The van der Waals surface area contributed by atoms with Gasteiger partial charge in [0.05, 0.1) is 11.6 Å². The number of primary amides is 1. The first-order chi connectivity index (χ1) is 10.8. The highest BCUT2D eigenvalue weighted by Gasteiger charge is 2.28. The van der Waals surface area contributed by atoms with Crippen molar-refractivity contribution in [3.8, 4) is 0 Å². The van der Waals surface area contributed by atoms with Crippen molar-refractivity contribution in [2.45, 2.75) is 19.9 Å². The van der Waals surface area contributed by atoms with Gasteiger partial charge in [-0.05, 0) is 23.6 Å². The molecule has 0 spiro atoms. The molecule has 0 aliphatic carbocycles. The summed E-state index contributed by atoms with van der Waals surface area (Å²) in [6.45, 7) is 4.06. The van der Waals surface area contributed by atoms with Crippen LogP contribution in [-0.2, 0) is 0 Å². The van der Waals surface area contributed by atoms with Crippen molar-refractivity contribution >= 4 is 23.4 Å². The summed E-state index contributed by atoms with van der Waals surface area (Å²) in [5.74, 6) is -0.639. The zero-order chi connectivity index (χ0) is 17.1. The van der Waals surface area contributed by atoms with Gasteiger partial charge < -0.3 is 15.6 Å². The summed E-state index contributed by atoms with van der Waals surface area (Å²) < 4.78 is 0.